The van der Waals surface area contributed by atoms with Crippen LogP contribution in [-0.4, -0.2) is 34.8 Å². The molecule has 0 rings (SSSR count). The van der Waals surface area contributed by atoms with E-state index in [0.29, 0.717) is 0 Å². The molecule has 0 amide bonds. The molecule has 0 spiro atoms. The van der Waals surface area contributed by atoms with Gasteiger partial charge in [0.15, 0.2) is 0 Å². The molecular weight excluding hydrogens is 382 g/mol. The largest absolute Gasteiger partial charge is 0.466 e. The first-order chi connectivity index (χ1) is 4.00. The van der Waals surface area contributed by atoms with Crippen LogP contribution in [0.2, 0.25) is 0 Å². The molecule has 8 N–H and O–H groups in total. The molecule has 0 atom stereocenters. The van der Waals surface area contributed by atoms with E-state index in [2.05, 4.69) is 0 Å². The zero-order chi connectivity index (χ0) is 9.00. The van der Waals surface area contributed by atoms with Gasteiger partial charge in [0, 0.05) is 49.5 Å². The Hall–Kier alpha value is 1.66. The molecule has 14 heteroatoms. The summed E-state index contributed by atoms with van der Waals surface area (Å²) in [5, 5.41) is 0. The summed E-state index contributed by atoms with van der Waals surface area (Å²) in [4.78, 5) is 43.1. The third-order valence-electron chi connectivity index (χ3n) is 0. The maximum absolute atomic E-state index is 8.88. The van der Waals surface area contributed by atoms with Gasteiger partial charge < -0.3 is 34.8 Å². The molecule has 102 valence electrons. The van der Waals surface area contributed by atoms with E-state index in [4.69, 9.17) is 38.5 Å². The standard InChI is InChI=1S/3Ni.2H3O4P.H2O/c;;;2*1-5(2,3)4;/h;;;2*(H3,1,2,3,4);1H2. The van der Waals surface area contributed by atoms with Gasteiger partial charge in [-0.2, -0.15) is 0 Å². The van der Waals surface area contributed by atoms with Crippen molar-refractivity contribution in [2.24, 2.45) is 0 Å². The van der Waals surface area contributed by atoms with Gasteiger partial charge >= 0.3 is 15.6 Å². The molecule has 0 aliphatic carbocycles. The van der Waals surface area contributed by atoms with Gasteiger partial charge in [-0.05, 0) is 0 Å². The van der Waals surface area contributed by atoms with Crippen LogP contribution in [0.1, 0.15) is 0 Å². The van der Waals surface area contributed by atoms with Crippen molar-refractivity contribution in [1.29, 1.82) is 0 Å². The molecule has 0 aromatic heterocycles. The van der Waals surface area contributed by atoms with Crippen LogP contribution >= 0.6 is 15.6 Å². The molecule has 0 bridgehead atoms. The molecule has 0 heterocycles. The molecule has 0 unspecified atom stereocenters. The molecule has 14 heavy (non-hydrogen) atoms. The molecule has 9 nitrogen and oxygen atoms in total. The van der Waals surface area contributed by atoms with Crippen LogP contribution in [-0.2, 0) is 58.6 Å². The van der Waals surface area contributed by atoms with E-state index in [0.717, 1.165) is 0 Å². The van der Waals surface area contributed by atoms with E-state index in [-0.39, 0.29) is 55.0 Å². The van der Waals surface area contributed by atoms with Crippen molar-refractivity contribution in [3.63, 3.8) is 0 Å². The average Bonchev–Trinajstić information content (AvgIpc) is 1.12. The van der Waals surface area contributed by atoms with Gasteiger partial charge in [-0.3, -0.25) is 0 Å². The molecular formula is H8Ni3O9P2. The van der Waals surface area contributed by atoms with E-state index in [1.54, 1.807) is 0 Å². The Bertz CT molecular complexity index is 130. The maximum Gasteiger partial charge on any atom is 0.466 e. The molecule has 0 aliphatic rings. The van der Waals surface area contributed by atoms with E-state index >= 15 is 0 Å². The molecule has 0 aromatic rings. The molecule has 0 fully saturated rings. The molecule has 0 saturated carbocycles. The van der Waals surface area contributed by atoms with E-state index in [9.17, 15) is 0 Å². The third kappa shape index (κ3) is 794. The van der Waals surface area contributed by atoms with Gasteiger partial charge in [-0.1, -0.05) is 0 Å². The number of rotatable bonds is 0. The average molecular weight is 390 g/mol. The van der Waals surface area contributed by atoms with Crippen LogP contribution in [0.3, 0.4) is 0 Å². The zero-order valence-electron chi connectivity index (χ0n) is 5.84. The van der Waals surface area contributed by atoms with Crippen molar-refractivity contribution in [3.8, 4) is 0 Å². The predicted molar refractivity (Wildman–Crippen MR) is 32.1 cm³/mol. The van der Waals surface area contributed by atoms with Gasteiger partial charge in [0.05, 0.1) is 0 Å². The minimum absolute atomic E-state index is 0. The molecule has 0 radical (unpaired) electrons. The third-order valence-corrected chi connectivity index (χ3v) is 0. The van der Waals surface area contributed by atoms with Crippen LogP contribution in [0.4, 0.5) is 0 Å². The quantitative estimate of drug-likeness (QED) is 0.191. The van der Waals surface area contributed by atoms with Crippen molar-refractivity contribution in [1.82, 2.24) is 0 Å². The van der Waals surface area contributed by atoms with Crippen molar-refractivity contribution < 1.29 is 93.4 Å². The normalized spacial score (nSPS) is 8.43. The topological polar surface area (TPSA) is 187 Å². The fraction of sp³-hybridized carbons (Fsp3) is 0. The van der Waals surface area contributed by atoms with Gasteiger partial charge in [0.25, 0.3) is 0 Å². The van der Waals surface area contributed by atoms with Crippen LogP contribution < -0.4 is 0 Å². The van der Waals surface area contributed by atoms with Crippen molar-refractivity contribution in [2.75, 3.05) is 0 Å². The van der Waals surface area contributed by atoms with Crippen molar-refractivity contribution in [3.05, 3.63) is 0 Å². The minimum Gasteiger partial charge on any atom is -0.412 e. The van der Waals surface area contributed by atoms with E-state index < -0.39 is 15.6 Å². The summed E-state index contributed by atoms with van der Waals surface area (Å²) in [5.41, 5.74) is 0. The summed E-state index contributed by atoms with van der Waals surface area (Å²) in [5.74, 6) is 0. The summed E-state index contributed by atoms with van der Waals surface area (Å²) >= 11 is 0. The van der Waals surface area contributed by atoms with Gasteiger partial charge in [0.1, 0.15) is 0 Å². The van der Waals surface area contributed by atoms with Gasteiger partial charge in [-0.25, -0.2) is 9.13 Å². The van der Waals surface area contributed by atoms with Crippen LogP contribution in [0.25, 0.3) is 0 Å². The maximum atomic E-state index is 8.88. The monoisotopic (exact) mass is 388 g/mol. The zero-order valence-corrected chi connectivity index (χ0v) is 10.6. The van der Waals surface area contributed by atoms with Gasteiger partial charge in [-0.15, -0.1) is 0 Å². The van der Waals surface area contributed by atoms with E-state index in [1.165, 1.54) is 0 Å². The van der Waals surface area contributed by atoms with Crippen LogP contribution in [0.15, 0.2) is 0 Å². The smallest absolute Gasteiger partial charge is 0.412 e. The van der Waals surface area contributed by atoms with Crippen LogP contribution in [0, 0.1) is 0 Å². The van der Waals surface area contributed by atoms with Gasteiger partial charge in [0.2, 0.25) is 0 Å². The number of phosphoric acid groups is 2. The Balaban J connectivity index is -0.0000000178. The second-order valence-corrected chi connectivity index (χ2v) is 3.08. The molecule has 0 aliphatic heterocycles. The Morgan fingerprint density at radius 2 is 0.571 bits per heavy atom. The van der Waals surface area contributed by atoms with E-state index in [1.807, 2.05) is 0 Å². The number of hydrogen-bond donors (Lipinski definition) is 6. The van der Waals surface area contributed by atoms with Crippen LogP contribution in [0.5, 0.6) is 0 Å². The van der Waals surface area contributed by atoms with Crippen molar-refractivity contribution >= 4 is 15.6 Å². The van der Waals surface area contributed by atoms with Crippen molar-refractivity contribution in [2.45, 2.75) is 0 Å². The minimum atomic E-state index is -4.64. The SMILES string of the molecule is O.O=P(O)(O)O.O=P(O)(O)O.[Ni].[Ni].[Ni]. The second-order valence-electron chi connectivity index (χ2n) is 1.03. The summed E-state index contributed by atoms with van der Waals surface area (Å²) in [6.45, 7) is 0. The Kier molecular flexibility index (Phi) is 37.8. The first-order valence-electron chi connectivity index (χ1n) is 1.57. The summed E-state index contributed by atoms with van der Waals surface area (Å²) < 4.78 is 17.8. The first kappa shape index (κ1) is 36.1. The summed E-state index contributed by atoms with van der Waals surface area (Å²) in [7, 11) is -9.28. The fourth-order valence-corrected chi connectivity index (χ4v) is 0. The molecule has 0 aromatic carbocycles. The number of hydrogen-bond acceptors (Lipinski definition) is 2. The summed E-state index contributed by atoms with van der Waals surface area (Å²) in [6.07, 6.45) is 0. The summed E-state index contributed by atoms with van der Waals surface area (Å²) in [6, 6.07) is 0. The fourth-order valence-electron chi connectivity index (χ4n) is 0. The first-order valence-corrected chi connectivity index (χ1v) is 4.70. The predicted octanol–water partition coefficient (Wildman–Crippen LogP) is -2.69. The second kappa shape index (κ2) is 14.7. The Morgan fingerprint density at radius 3 is 0.571 bits per heavy atom. The Labute approximate surface area is 109 Å². The Morgan fingerprint density at radius 1 is 0.571 bits per heavy atom. The molecule has 0 saturated heterocycles.